The quantitative estimate of drug-likeness (QED) is 0.328. The van der Waals surface area contributed by atoms with Gasteiger partial charge in [0.25, 0.3) is 5.56 Å². The molecule has 0 aliphatic heterocycles. The number of amides is 1. The van der Waals surface area contributed by atoms with E-state index in [-0.39, 0.29) is 30.9 Å². The van der Waals surface area contributed by atoms with Gasteiger partial charge in [0.1, 0.15) is 6.07 Å². The van der Waals surface area contributed by atoms with Crippen LogP contribution < -0.4 is 10.9 Å². The van der Waals surface area contributed by atoms with Crippen LogP contribution in [0.2, 0.25) is 0 Å². The number of benzene rings is 2. The zero-order valence-corrected chi connectivity index (χ0v) is 17.6. The number of carbonyl (C=O) groups excluding carboxylic acids is 2. The van der Waals surface area contributed by atoms with E-state index in [9.17, 15) is 14.4 Å². The zero-order valence-electron chi connectivity index (χ0n) is 16.8. The van der Waals surface area contributed by atoms with E-state index in [1.54, 1.807) is 48.5 Å². The van der Waals surface area contributed by atoms with Crippen LogP contribution in [0.25, 0.3) is 10.9 Å². The minimum absolute atomic E-state index is 0.0371. The lowest BCUT2D eigenvalue weighted by Crippen LogP contribution is -2.25. The summed E-state index contributed by atoms with van der Waals surface area (Å²) in [6, 6.07) is 15.8. The summed E-state index contributed by atoms with van der Waals surface area (Å²) in [6.07, 6.45) is 0.194. The third-order valence-corrected chi connectivity index (χ3v) is 5.45. The third kappa shape index (κ3) is 5.49. The fourth-order valence-electron chi connectivity index (χ4n) is 2.90. The number of nitrogens with one attached hydrogen (secondary N) is 1. The Labute approximate surface area is 182 Å². The van der Waals surface area contributed by atoms with Gasteiger partial charge in [-0.25, -0.2) is 4.98 Å². The van der Waals surface area contributed by atoms with E-state index in [2.05, 4.69) is 15.0 Å². The number of carbonyl (C=O) groups is 2. The number of methoxy groups -OCH3 is 1. The second-order valence-corrected chi connectivity index (χ2v) is 7.56. The highest BCUT2D eigenvalue weighted by atomic mass is 32.2. The number of para-hydroxylation sites is 2. The van der Waals surface area contributed by atoms with Gasteiger partial charge in [0.05, 0.1) is 35.7 Å². The van der Waals surface area contributed by atoms with Crippen LogP contribution in [0.5, 0.6) is 0 Å². The van der Waals surface area contributed by atoms with Crippen molar-refractivity contribution < 1.29 is 14.3 Å². The second-order valence-electron chi connectivity index (χ2n) is 6.50. The van der Waals surface area contributed by atoms with Gasteiger partial charge >= 0.3 is 5.97 Å². The molecule has 1 amide bonds. The van der Waals surface area contributed by atoms with Gasteiger partial charge in [-0.05, 0) is 24.3 Å². The topological polar surface area (TPSA) is 114 Å². The maximum atomic E-state index is 12.9. The van der Waals surface area contributed by atoms with Crippen LogP contribution in [-0.2, 0) is 20.9 Å². The molecule has 0 bridgehead atoms. The standard InChI is InChI=1S/C22H20N4O4S/c1-30-20(28)10-12-26-21(29)16-7-3-5-9-18(16)25-22(26)31-13-11-19(27)24-17-8-4-2-6-15(17)14-23/h2-9H,10-13H2,1H3,(H,24,27). The van der Waals surface area contributed by atoms with E-state index in [0.717, 1.165) is 0 Å². The zero-order chi connectivity index (χ0) is 22.2. The number of hydrogen-bond donors (Lipinski definition) is 1. The molecule has 0 spiro atoms. The first-order valence-corrected chi connectivity index (χ1v) is 10.5. The molecule has 3 rings (SSSR count). The molecule has 0 saturated heterocycles. The van der Waals surface area contributed by atoms with Gasteiger partial charge in [0, 0.05) is 18.7 Å². The monoisotopic (exact) mass is 436 g/mol. The maximum absolute atomic E-state index is 12.9. The van der Waals surface area contributed by atoms with Crippen molar-refractivity contribution in [2.24, 2.45) is 0 Å². The van der Waals surface area contributed by atoms with E-state index in [0.29, 0.717) is 33.1 Å². The summed E-state index contributed by atoms with van der Waals surface area (Å²) in [5, 5.41) is 12.7. The summed E-state index contributed by atoms with van der Waals surface area (Å²) in [4.78, 5) is 41.3. The molecular formula is C22H20N4O4S. The minimum atomic E-state index is -0.424. The molecule has 31 heavy (non-hydrogen) atoms. The molecule has 0 unspecified atom stereocenters. The van der Waals surface area contributed by atoms with Gasteiger partial charge in [-0.2, -0.15) is 5.26 Å². The Bertz CT molecular complexity index is 1220. The smallest absolute Gasteiger partial charge is 0.307 e. The number of fused-ring (bicyclic) bond motifs is 1. The molecule has 1 N–H and O–H groups in total. The Hall–Kier alpha value is -3.64. The number of thioether (sulfide) groups is 1. The van der Waals surface area contributed by atoms with Crippen molar-refractivity contribution in [2.75, 3.05) is 18.2 Å². The van der Waals surface area contributed by atoms with E-state index in [1.807, 2.05) is 6.07 Å². The van der Waals surface area contributed by atoms with Crippen LogP contribution in [-0.4, -0.2) is 34.3 Å². The van der Waals surface area contributed by atoms with Crippen molar-refractivity contribution in [3.05, 3.63) is 64.4 Å². The maximum Gasteiger partial charge on any atom is 0.307 e. The van der Waals surface area contributed by atoms with Crippen molar-refractivity contribution in [1.29, 1.82) is 5.26 Å². The molecule has 8 nitrogen and oxygen atoms in total. The number of esters is 1. The Morgan fingerprint density at radius 2 is 1.90 bits per heavy atom. The van der Waals surface area contributed by atoms with Gasteiger partial charge in [-0.1, -0.05) is 36.0 Å². The van der Waals surface area contributed by atoms with Gasteiger partial charge < -0.3 is 10.1 Å². The lowest BCUT2D eigenvalue weighted by molar-refractivity contribution is -0.140. The number of nitrogens with zero attached hydrogens (tertiary/aromatic N) is 3. The summed E-state index contributed by atoms with van der Waals surface area (Å²) in [5.41, 5.74) is 1.15. The number of aromatic nitrogens is 2. The number of hydrogen-bond acceptors (Lipinski definition) is 7. The van der Waals surface area contributed by atoms with E-state index >= 15 is 0 Å². The highest BCUT2D eigenvalue weighted by Crippen LogP contribution is 2.20. The highest BCUT2D eigenvalue weighted by molar-refractivity contribution is 7.99. The molecule has 0 aliphatic carbocycles. The Morgan fingerprint density at radius 3 is 2.68 bits per heavy atom. The average Bonchev–Trinajstić information content (AvgIpc) is 2.79. The van der Waals surface area contributed by atoms with Crippen LogP contribution in [0.4, 0.5) is 5.69 Å². The summed E-state index contributed by atoms with van der Waals surface area (Å²) < 4.78 is 6.11. The van der Waals surface area contributed by atoms with Gasteiger partial charge in [-0.3, -0.25) is 19.0 Å². The molecule has 1 aromatic heterocycles. The van der Waals surface area contributed by atoms with Gasteiger partial charge in [0.2, 0.25) is 5.91 Å². The summed E-state index contributed by atoms with van der Waals surface area (Å²) >= 11 is 1.26. The summed E-state index contributed by atoms with van der Waals surface area (Å²) in [6.45, 7) is 0.132. The van der Waals surface area contributed by atoms with Crippen molar-refractivity contribution in [3.63, 3.8) is 0 Å². The van der Waals surface area contributed by atoms with E-state index in [1.165, 1.54) is 23.4 Å². The lowest BCUT2D eigenvalue weighted by atomic mass is 10.2. The molecule has 0 fully saturated rings. The molecule has 0 saturated carbocycles. The molecule has 0 atom stereocenters. The average molecular weight is 436 g/mol. The number of ether oxygens (including phenoxy) is 1. The molecule has 3 aromatic rings. The van der Waals surface area contributed by atoms with Crippen molar-refractivity contribution in [2.45, 2.75) is 24.5 Å². The third-order valence-electron chi connectivity index (χ3n) is 4.48. The van der Waals surface area contributed by atoms with Crippen LogP contribution in [0.3, 0.4) is 0 Å². The number of anilines is 1. The first-order chi connectivity index (χ1) is 15.0. The molecular weight excluding hydrogens is 416 g/mol. The number of nitriles is 1. The normalized spacial score (nSPS) is 10.5. The second kappa shape index (κ2) is 10.4. The Morgan fingerprint density at radius 1 is 1.16 bits per heavy atom. The molecule has 1 heterocycles. The van der Waals surface area contributed by atoms with Crippen LogP contribution in [0, 0.1) is 11.3 Å². The van der Waals surface area contributed by atoms with Crippen LogP contribution in [0.15, 0.2) is 58.5 Å². The van der Waals surface area contributed by atoms with E-state index < -0.39 is 5.97 Å². The largest absolute Gasteiger partial charge is 0.469 e. The van der Waals surface area contributed by atoms with Crippen LogP contribution in [0.1, 0.15) is 18.4 Å². The highest BCUT2D eigenvalue weighted by Gasteiger charge is 2.14. The molecule has 2 aromatic carbocycles. The Balaban J connectivity index is 1.74. The first kappa shape index (κ1) is 22.1. The molecule has 9 heteroatoms. The minimum Gasteiger partial charge on any atom is -0.469 e. The van der Waals surface area contributed by atoms with Crippen molar-refractivity contribution in [1.82, 2.24) is 9.55 Å². The first-order valence-electron chi connectivity index (χ1n) is 9.51. The fraction of sp³-hybridized carbons (Fsp3) is 0.227. The SMILES string of the molecule is COC(=O)CCn1c(SCCC(=O)Nc2ccccc2C#N)nc2ccccc2c1=O. The van der Waals surface area contributed by atoms with Crippen LogP contribution >= 0.6 is 11.8 Å². The van der Waals surface area contributed by atoms with Gasteiger partial charge in [0.15, 0.2) is 5.16 Å². The summed E-state index contributed by atoms with van der Waals surface area (Å²) in [7, 11) is 1.29. The lowest BCUT2D eigenvalue weighted by Gasteiger charge is -2.13. The van der Waals surface area contributed by atoms with Crippen molar-refractivity contribution >= 4 is 40.2 Å². The van der Waals surface area contributed by atoms with Crippen molar-refractivity contribution in [3.8, 4) is 6.07 Å². The number of rotatable bonds is 8. The van der Waals surface area contributed by atoms with E-state index in [4.69, 9.17) is 5.26 Å². The molecule has 158 valence electrons. The van der Waals surface area contributed by atoms with Gasteiger partial charge in [-0.15, -0.1) is 0 Å². The predicted molar refractivity (Wildman–Crippen MR) is 118 cm³/mol. The fourth-order valence-corrected chi connectivity index (χ4v) is 3.86. The Kier molecular flexibility index (Phi) is 7.40. The summed E-state index contributed by atoms with van der Waals surface area (Å²) in [5.74, 6) is -0.310. The molecule has 0 radical (unpaired) electrons. The predicted octanol–water partition coefficient (Wildman–Crippen LogP) is 2.95. The molecule has 0 aliphatic rings.